The average Bonchev–Trinajstić information content (AvgIpc) is 3.18. The SMILES string of the molecule is CC.CC.CCOC(=O)c1cn(Cc2cc(C#N)c3ncc(Cl)cc3c2)nc1C#N. The van der Waals surface area contributed by atoms with Crippen LogP contribution < -0.4 is 0 Å². The normalized spacial score (nSPS) is 9.33. The maximum Gasteiger partial charge on any atom is 0.342 e. The highest BCUT2D eigenvalue weighted by atomic mass is 35.5. The van der Waals surface area contributed by atoms with Crippen LogP contribution in [0.1, 0.15) is 61.8 Å². The van der Waals surface area contributed by atoms with Crippen molar-refractivity contribution >= 4 is 28.5 Å². The van der Waals surface area contributed by atoms with Crippen molar-refractivity contribution in [3.05, 3.63) is 58.0 Å². The van der Waals surface area contributed by atoms with Gasteiger partial charge in [-0.3, -0.25) is 9.67 Å². The lowest BCUT2D eigenvalue weighted by Crippen LogP contribution is -2.05. The summed E-state index contributed by atoms with van der Waals surface area (Å²) in [6.07, 6.45) is 2.95. The first-order valence-corrected chi connectivity index (χ1v) is 10.1. The Balaban J connectivity index is 0.00000106. The molecule has 1 aromatic carbocycles. The Labute approximate surface area is 181 Å². The zero-order valence-corrected chi connectivity index (χ0v) is 18.5. The molecule has 30 heavy (non-hydrogen) atoms. The molecule has 156 valence electrons. The van der Waals surface area contributed by atoms with Crippen LogP contribution in [0.2, 0.25) is 5.02 Å². The number of nitrogens with zero attached hydrogens (tertiary/aromatic N) is 5. The largest absolute Gasteiger partial charge is 0.462 e. The van der Waals surface area contributed by atoms with E-state index in [0.29, 0.717) is 16.1 Å². The molecular formula is C22H24ClN5O2. The highest BCUT2D eigenvalue weighted by Gasteiger charge is 2.18. The number of hydrogen-bond donors (Lipinski definition) is 0. The Kier molecular flexibility index (Phi) is 10.0. The minimum atomic E-state index is -0.595. The van der Waals surface area contributed by atoms with E-state index < -0.39 is 5.97 Å². The molecule has 0 aliphatic heterocycles. The first-order chi connectivity index (χ1) is 14.5. The molecule has 0 radical (unpaired) electrons. The summed E-state index contributed by atoms with van der Waals surface area (Å²) in [6.45, 7) is 10.2. The summed E-state index contributed by atoms with van der Waals surface area (Å²) in [5.74, 6) is -0.595. The lowest BCUT2D eigenvalue weighted by atomic mass is 10.1. The maximum absolute atomic E-state index is 11.9. The van der Waals surface area contributed by atoms with Crippen LogP contribution in [-0.2, 0) is 11.3 Å². The minimum absolute atomic E-state index is 0.00513. The van der Waals surface area contributed by atoms with E-state index in [1.807, 2.05) is 39.8 Å². The number of esters is 1. The van der Waals surface area contributed by atoms with Crippen molar-refractivity contribution in [3.8, 4) is 12.1 Å². The Morgan fingerprint density at radius 2 is 1.87 bits per heavy atom. The first-order valence-electron chi connectivity index (χ1n) is 9.68. The van der Waals surface area contributed by atoms with Crippen LogP contribution in [-0.4, -0.2) is 27.3 Å². The summed E-state index contributed by atoms with van der Waals surface area (Å²) in [5, 5.41) is 23.8. The number of carbonyl (C=O) groups is 1. The second-order valence-electron chi connectivity index (χ2n) is 5.40. The quantitative estimate of drug-likeness (QED) is 0.538. The highest BCUT2D eigenvalue weighted by Crippen LogP contribution is 2.22. The molecule has 0 N–H and O–H groups in total. The second kappa shape index (κ2) is 12.2. The monoisotopic (exact) mass is 425 g/mol. The number of aromatic nitrogens is 3. The Hall–Kier alpha value is -3.42. The predicted molar refractivity (Wildman–Crippen MR) is 116 cm³/mol. The van der Waals surface area contributed by atoms with Crippen LogP contribution in [0.25, 0.3) is 10.9 Å². The van der Waals surface area contributed by atoms with Crippen molar-refractivity contribution in [2.45, 2.75) is 41.2 Å². The van der Waals surface area contributed by atoms with E-state index in [9.17, 15) is 10.1 Å². The van der Waals surface area contributed by atoms with Gasteiger partial charge in [-0.05, 0) is 30.7 Å². The third-order valence-corrected chi connectivity index (χ3v) is 3.84. The number of benzene rings is 1. The number of fused-ring (bicyclic) bond motifs is 1. The van der Waals surface area contributed by atoms with Crippen molar-refractivity contribution in [1.29, 1.82) is 10.5 Å². The summed E-state index contributed by atoms with van der Waals surface area (Å²) in [4.78, 5) is 16.1. The van der Waals surface area contributed by atoms with Crippen molar-refractivity contribution in [3.63, 3.8) is 0 Å². The van der Waals surface area contributed by atoms with Crippen LogP contribution in [0.15, 0.2) is 30.6 Å². The fraction of sp³-hybridized carbons (Fsp3) is 0.318. The molecular weight excluding hydrogens is 402 g/mol. The van der Waals surface area contributed by atoms with Crippen molar-refractivity contribution in [2.75, 3.05) is 6.61 Å². The zero-order valence-electron chi connectivity index (χ0n) is 17.7. The molecule has 0 aliphatic rings. The van der Waals surface area contributed by atoms with Crippen molar-refractivity contribution < 1.29 is 9.53 Å². The molecule has 7 nitrogen and oxygen atoms in total. The minimum Gasteiger partial charge on any atom is -0.462 e. The zero-order chi connectivity index (χ0) is 22.7. The van der Waals surface area contributed by atoms with Gasteiger partial charge >= 0.3 is 5.97 Å². The number of nitriles is 2. The van der Waals surface area contributed by atoms with E-state index >= 15 is 0 Å². The molecule has 0 saturated carbocycles. The third kappa shape index (κ3) is 5.79. The van der Waals surface area contributed by atoms with Gasteiger partial charge in [0.2, 0.25) is 0 Å². The van der Waals surface area contributed by atoms with Crippen LogP contribution in [0.4, 0.5) is 0 Å². The fourth-order valence-corrected chi connectivity index (χ4v) is 2.76. The summed E-state index contributed by atoms with van der Waals surface area (Å²) >= 11 is 5.98. The molecule has 3 rings (SSSR count). The maximum atomic E-state index is 11.9. The Morgan fingerprint density at radius 1 is 1.17 bits per heavy atom. The van der Waals surface area contributed by atoms with E-state index in [0.717, 1.165) is 10.9 Å². The Morgan fingerprint density at radius 3 is 2.47 bits per heavy atom. The van der Waals surface area contributed by atoms with Gasteiger partial charge in [0.1, 0.15) is 17.7 Å². The molecule has 0 fully saturated rings. The number of pyridine rings is 1. The van der Waals surface area contributed by atoms with E-state index in [1.54, 1.807) is 19.1 Å². The fourth-order valence-electron chi connectivity index (χ4n) is 2.59. The number of carbonyl (C=O) groups excluding carboxylic acids is 1. The molecule has 0 atom stereocenters. The average molecular weight is 426 g/mol. The van der Waals surface area contributed by atoms with Crippen molar-refractivity contribution in [1.82, 2.24) is 14.8 Å². The molecule has 0 bridgehead atoms. The van der Waals surface area contributed by atoms with Crippen LogP contribution in [0, 0.1) is 22.7 Å². The van der Waals surface area contributed by atoms with Gasteiger partial charge in [0, 0.05) is 17.8 Å². The summed E-state index contributed by atoms with van der Waals surface area (Å²) in [6, 6.07) is 9.26. The first kappa shape index (κ1) is 24.6. The number of hydrogen-bond acceptors (Lipinski definition) is 6. The molecule has 0 aliphatic carbocycles. The van der Waals surface area contributed by atoms with Gasteiger partial charge in [-0.2, -0.15) is 15.6 Å². The molecule has 0 unspecified atom stereocenters. The van der Waals surface area contributed by atoms with E-state index in [-0.39, 0.29) is 24.4 Å². The Bertz CT molecular complexity index is 1090. The lowest BCUT2D eigenvalue weighted by Gasteiger charge is -2.06. The second-order valence-corrected chi connectivity index (χ2v) is 5.84. The van der Waals surface area contributed by atoms with Gasteiger partial charge in [0.05, 0.1) is 29.3 Å². The van der Waals surface area contributed by atoms with Gasteiger partial charge in [0.15, 0.2) is 5.69 Å². The van der Waals surface area contributed by atoms with Gasteiger partial charge < -0.3 is 4.74 Å². The topological polar surface area (TPSA) is 105 Å². The smallest absolute Gasteiger partial charge is 0.342 e. The van der Waals surface area contributed by atoms with Gasteiger partial charge in [-0.1, -0.05) is 39.3 Å². The van der Waals surface area contributed by atoms with Crippen LogP contribution >= 0.6 is 11.6 Å². The molecule has 0 amide bonds. The lowest BCUT2D eigenvalue weighted by molar-refractivity contribution is 0.0526. The van der Waals surface area contributed by atoms with E-state index in [2.05, 4.69) is 16.2 Å². The predicted octanol–water partition coefficient (Wildman–Crippen LogP) is 5.11. The number of halogens is 1. The van der Waals surface area contributed by atoms with E-state index in [1.165, 1.54) is 17.1 Å². The third-order valence-electron chi connectivity index (χ3n) is 3.64. The van der Waals surface area contributed by atoms with Gasteiger partial charge in [-0.15, -0.1) is 0 Å². The number of rotatable bonds is 4. The summed E-state index contributed by atoms with van der Waals surface area (Å²) in [5.41, 5.74) is 1.84. The van der Waals surface area contributed by atoms with Gasteiger partial charge in [-0.25, -0.2) is 4.79 Å². The highest BCUT2D eigenvalue weighted by molar-refractivity contribution is 6.31. The molecule has 2 heterocycles. The standard InChI is InChI=1S/C18H12ClN5O2.2C2H6/c1-2-26-18(25)15-10-24(23-16(15)7-21)9-11-3-12-5-14(19)8-22-17(12)13(4-11)6-20;2*1-2/h3-5,8,10H,2,9H2,1H3;2*1-2H3. The van der Waals surface area contributed by atoms with Crippen LogP contribution in [0.5, 0.6) is 0 Å². The molecule has 0 saturated heterocycles. The van der Waals surface area contributed by atoms with E-state index in [4.69, 9.17) is 21.6 Å². The summed E-state index contributed by atoms with van der Waals surface area (Å²) in [7, 11) is 0. The molecule has 3 aromatic rings. The van der Waals surface area contributed by atoms with Gasteiger partial charge in [0.25, 0.3) is 0 Å². The summed E-state index contributed by atoms with van der Waals surface area (Å²) < 4.78 is 6.40. The van der Waals surface area contributed by atoms with Crippen LogP contribution in [0.3, 0.4) is 0 Å². The van der Waals surface area contributed by atoms with Crippen molar-refractivity contribution in [2.24, 2.45) is 0 Å². The molecule has 8 heteroatoms. The molecule has 0 spiro atoms. The number of ether oxygens (including phenoxy) is 1. The molecule has 2 aromatic heterocycles.